The predicted octanol–water partition coefficient (Wildman–Crippen LogP) is 3.74. The fraction of sp³-hybridized carbons (Fsp3) is 0.600. The van der Waals surface area contributed by atoms with Crippen molar-refractivity contribution in [2.75, 3.05) is 6.54 Å². The Kier molecular flexibility index (Phi) is 5.54. The second-order valence-corrected chi connectivity index (χ2v) is 4.63. The molecule has 0 radical (unpaired) electrons. The summed E-state index contributed by atoms with van der Waals surface area (Å²) in [6, 6.07) is 9.59. The Balaban J connectivity index is 2.60. The van der Waals surface area contributed by atoms with Crippen LogP contribution < -0.4 is 5.32 Å². The second-order valence-electron chi connectivity index (χ2n) is 4.63. The van der Waals surface area contributed by atoms with E-state index < -0.39 is 0 Å². The molecule has 0 aliphatic heterocycles. The van der Waals surface area contributed by atoms with Crippen molar-refractivity contribution >= 4 is 0 Å². The fourth-order valence-corrected chi connectivity index (χ4v) is 1.89. The largest absolute Gasteiger partial charge is 0.314 e. The van der Waals surface area contributed by atoms with Crippen molar-refractivity contribution in [3.63, 3.8) is 0 Å². The van der Waals surface area contributed by atoms with E-state index in [4.69, 9.17) is 0 Å². The van der Waals surface area contributed by atoms with Crippen molar-refractivity contribution in [1.29, 1.82) is 0 Å². The zero-order valence-electron chi connectivity index (χ0n) is 11.1. The molecule has 0 fully saturated rings. The van der Waals surface area contributed by atoms with E-state index in [0.717, 1.165) is 13.0 Å². The monoisotopic (exact) mass is 219 g/mol. The van der Waals surface area contributed by atoms with E-state index in [0.29, 0.717) is 12.0 Å². The van der Waals surface area contributed by atoms with Crippen molar-refractivity contribution < 1.29 is 0 Å². The van der Waals surface area contributed by atoms with E-state index >= 15 is 0 Å². The molecule has 0 aromatic heterocycles. The highest BCUT2D eigenvalue weighted by Crippen LogP contribution is 2.19. The summed E-state index contributed by atoms with van der Waals surface area (Å²) in [5.74, 6) is 0.581. The quantitative estimate of drug-likeness (QED) is 0.768. The first kappa shape index (κ1) is 13.2. The SMILES string of the molecule is CCCNC(C)C(C)c1ccc(CC)cc1. The van der Waals surface area contributed by atoms with Gasteiger partial charge in [-0.2, -0.15) is 0 Å². The molecule has 1 aromatic rings. The number of hydrogen-bond acceptors (Lipinski definition) is 1. The third-order valence-corrected chi connectivity index (χ3v) is 3.38. The molecule has 1 nitrogen and oxygen atoms in total. The van der Waals surface area contributed by atoms with Crippen LogP contribution in [0.4, 0.5) is 0 Å². The van der Waals surface area contributed by atoms with Crippen LogP contribution in [0.15, 0.2) is 24.3 Å². The Morgan fingerprint density at radius 2 is 1.69 bits per heavy atom. The van der Waals surface area contributed by atoms with Crippen LogP contribution in [0.1, 0.15) is 51.2 Å². The van der Waals surface area contributed by atoms with Gasteiger partial charge >= 0.3 is 0 Å². The third kappa shape index (κ3) is 3.64. The van der Waals surface area contributed by atoms with Crippen molar-refractivity contribution in [2.45, 2.75) is 52.5 Å². The fourth-order valence-electron chi connectivity index (χ4n) is 1.89. The highest BCUT2D eigenvalue weighted by molar-refractivity contribution is 5.25. The molecule has 0 spiro atoms. The van der Waals surface area contributed by atoms with Gasteiger partial charge in [0.05, 0.1) is 0 Å². The smallest absolute Gasteiger partial charge is 0.0105 e. The number of hydrogen-bond donors (Lipinski definition) is 1. The molecule has 2 atom stereocenters. The lowest BCUT2D eigenvalue weighted by Crippen LogP contribution is -2.31. The second kappa shape index (κ2) is 6.70. The molecule has 1 aromatic carbocycles. The van der Waals surface area contributed by atoms with Gasteiger partial charge in [0.15, 0.2) is 0 Å². The van der Waals surface area contributed by atoms with E-state index in [9.17, 15) is 0 Å². The lowest BCUT2D eigenvalue weighted by molar-refractivity contribution is 0.481. The Bertz CT molecular complexity index is 289. The highest BCUT2D eigenvalue weighted by atomic mass is 14.9. The van der Waals surface area contributed by atoms with Gasteiger partial charge in [-0.25, -0.2) is 0 Å². The van der Waals surface area contributed by atoms with Gasteiger partial charge in [-0.05, 0) is 43.4 Å². The molecule has 0 aliphatic rings. The zero-order valence-corrected chi connectivity index (χ0v) is 11.1. The molecule has 0 heterocycles. The van der Waals surface area contributed by atoms with E-state index in [1.807, 2.05) is 0 Å². The average Bonchev–Trinajstić information content (AvgIpc) is 2.35. The maximum Gasteiger partial charge on any atom is 0.0105 e. The van der Waals surface area contributed by atoms with Crippen LogP contribution in [-0.2, 0) is 6.42 Å². The number of benzene rings is 1. The first-order chi connectivity index (χ1) is 7.69. The molecule has 1 rings (SSSR count). The summed E-state index contributed by atoms with van der Waals surface area (Å²) in [7, 11) is 0. The van der Waals surface area contributed by atoms with Gasteiger partial charge in [0.25, 0.3) is 0 Å². The first-order valence-corrected chi connectivity index (χ1v) is 6.51. The summed E-state index contributed by atoms with van der Waals surface area (Å²) in [6.45, 7) is 10.1. The Hall–Kier alpha value is -0.820. The van der Waals surface area contributed by atoms with E-state index in [-0.39, 0.29) is 0 Å². The average molecular weight is 219 g/mol. The molecule has 0 bridgehead atoms. The van der Waals surface area contributed by atoms with Crippen molar-refractivity contribution in [2.24, 2.45) is 0 Å². The minimum atomic E-state index is 0.549. The zero-order chi connectivity index (χ0) is 12.0. The molecule has 90 valence electrons. The van der Waals surface area contributed by atoms with Crippen LogP contribution in [0.2, 0.25) is 0 Å². The molecule has 1 heteroatoms. The van der Waals surface area contributed by atoms with Crippen LogP contribution in [0.25, 0.3) is 0 Å². The van der Waals surface area contributed by atoms with Gasteiger partial charge in [-0.3, -0.25) is 0 Å². The Labute approximate surface area is 100 Å². The van der Waals surface area contributed by atoms with Gasteiger partial charge in [0.2, 0.25) is 0 Å². The lowest BCUT2D eigenvalue weighted by atomic mass is 9.93. The highest BCUT2D eigenvalue weighted by Gasteiger charge is 2.12. The molecular formula is C15H25N. The molecule has 0 saturated carbocycles. The lowest BCUT2D eigenvalue weighted by Gasteiger charge is -2.21. The van der Waals surface area contributed by atoms with Gasteiger partial charge < -0.3 is 5.32 Å². The summed E-state index contributed by atoms with van der Waals surface area (Å²) in [5.41, 5.74) is 2.86. The van der Waals surface area contributed by atoms with E-state index in [1.165, 1.54) is 17.5 Å². The van der Waals surface area contributed by atoms with Crippen LogP contribution in [0.3, 0.4) is 0 Å². The van der Waals surface area contributed by atoms with Crippen molar-refractivity contribution in [3.8, 4) is 0 Å². The van der Waals surface area contributed by atoms with Crippen LogP contribution in [0.5, 0.6) is 0 Å². The summed E-state index contributed by atoms with van der Waals surface area (Å²) in [4.78, 5) is 0. The number of aryl methyl sites for hydroxylation is 1. The summed E-state index contributed by atoms with van der Waals surface area (Å²) >= 11 is 0. The molecule has 16 heavy (non-hydrogen) atoms. The summed E-state index contributed by atoms with van der Waals surface area (Å²) < 4.78 is 0. The standard InChI is InChI=1S/C15H25N/c1-5-11-16-13(4)12(3)15-9-7-14(6-2)8-10-15/h7-10,12-13,16H,5-6,11H2,1-4H3. The first-order valence-electron chi connectivity index (χ1n) is 6.51. The normalized spacial score (nSPS) is 14.8. The van der Waals surface area contributed by atoms with Gasteiger partial charge in [0.1, 0.15) is 0 Å². The van der Waals surface area contributed by atoms with Gasteiger partial charge in [0, 0.05) is 6.04 Å². The molecule has 2 unspecified atom stereocenters. The molecule has 0 saturated heterocycles. The molecule has 0 aliphatic carbocycles. The minimum Gasteiger partial charge on any atom is -0.314 e. The maximum atomic E-state index is 3.56. The molecule has 1 N–H and O–H groups in total. The maximum absolute atomic E-state index is 3.56. The predicted molar refractivity (Wildman–Crippen MR) is 72.0 cm³/mol. The number of nitrogens with one attached hydrogen (secondary N) is 1. The summed E-state index contributed by atoms with van der Waals surface area (Å²) in [6.07, 6.45) is 2.32. The molecule has 0 amide bonds. The van der Waals surface area contributed by atoms with Crippen molar-refractivity contribution in [3.05, 3.63) is 35.4 Å². The van der Waals surface area contributed by atoms with Crippen molar-refractivity contribution in [1.82, 2.24) is 5.32 Å². The van der Waals surface area contributed by atoms with E-state index in [2.05, 4.69) is 57.3 Å². The minimum absolute atomic E-state index is 0.549. The van der Waals surface area contributed by atoms with Gasteiger partial charge in [-0.1, -0.05) is 45.0 Å². The third-order valence-electron chi connectivity index (χ3n) is 3.38. The Morgan fingerprint density at radius 1 is 1.06 bits per heavy atom. The van der Waals surface area contributed by atoms with Crippen LogP contribution in [-0.4, -0.2) is 12.6 Å². The topological polar surface area (TPSA) is 12.0 Å². The summed E-state index contributed by atoms with van der Waals surface area (Å²) in [5, 5.41) is 3.56. The van der Waals surface area contributed by atoms with Crippen LogP contribution in [0, 0.1) is 0 Å². The molecular weight excluding hydrogens is 194 g/mol. The number of rotatable bonds is 6. The van der Waals surface area contributed by atoms with E-state index in [1.54, 1.807) is 0 Å². The Morgan fingerprint density at radius 3 is 2.19 bits per heavy atom. The van der Waals surface area contributed by atoms with Gasteiger partial charge in [-0.15, -0.1) is 0 Å². The van der Waals surface area contributed by atoms with Crippen LogP contribution >= 0.6 is 0 Å².